The van der Waals surface area contributed by atoms with Crippen molar-refractivity contribution in [2.75, 3.05) is 6.26 Å². The maximum absolute atomic E-state index is 12.3. The lowest BCUT2D eigenvalue weighted by Crippen LogP contribution is -1.80. The Hall–Kier alpha value is -0.540. The fraction of sp³-hybridized carbons (Fsp3) is 0.111. The van der Waals surface area contributed by atoms with Crippen molar-refractivity contribution in [2.24, 2.45) is 0 Å². The third-order valence-electron chi connectivity index (χ3n) is 1.48. The van der Waals surface area contributed by atoms with Gasteiger partial charge >= 0.3 is 0 Å². The van der Waals surface area contributed by atoms with Crippen LogP contribution in [0.25, 0.3) is 4.91 Å². The summed E-state index contributed by atoms with van der Waals surface area (Å²) in [5.74, 6) is 0. The Balaban J connectivity index is 3.07. The molecule has 70 valence electrons. The quantitative estimate of drug-likeness (QED) is 0.717. The van der Waals surface area contributed by atoms with E-state index in [2.05, 4.69) is 0 Å². The molecular formula is C9H7ClF2S. The number of benzene rings is 1. The Morgan fingerprint density at radius 1 is 1.23 bits per heavy atom. The lowest BCUT2D eigenvalue weighted by molar-refractivity contribution is 0.428. The first-order valence-corrected chi connectivity index (χ1v) is 5.10. The molecule has 1 aromatic carbocycles. The predicted octanol–water partition coefficient (Wildman–Crippen LogP) is 4.27. The summed E-state index contributed by atoms with van der Waals surface area (Å²) in [5, 5.41) is 0.545. The molecule has 0 aliphatic carbocycles. The fourth-order valence-electron chi connectivity index (χ4n) is 0.905. The Morgan fingerprint density at radius 3 is 2.15 bits per heavy atom. The normalized spacial score (nSPS) is 9.85. The van der Waals surface area contributed by atoms with Crippen molar-refractivity contribution < 1.29 is 8.78 Å². The van der Waals surface area contributed by atoms with Gasteiger partial charge in [0.25, 0.3) is 6.08 Å². The van der Waals surface area contributed by atoms with E-state index in [1.807, 2.05) is 0 Å². The van der Waals surface area contributed by atoms with Crippen molar-refractivity contribution in [1.82, 2.24) is 0 Å². The molecule has 0 unspecified atom stereocenters. The van der Waals surface area contributed by atoms with Crippen LogP contribution in [0.1, 0.15) is 5.56 Å². The van der Waals surface area contributed by atoms with Crippen LogP contribution in [-0.4, -0.2) is 6.26 Å². The average molecular weight is 221 g/mol. The molecule has 0 radical (unpaired) electrons. The first kappa shape index (κ1) is 10.5. The Kier molecular flexibility index (Phi) is 3.75. The van der Waals surface area contributed by atoms with E-state index >= 15 is 0 Å². The second kappa shape index (κ2) is 4.63. The van der Waals surface area contributed by atoms with Gasteiger partial charge in [0.15, 0.2) is 0 Å². The summed E-state index contributed by atoms with van der Waals surface area (Å²) in [6, 6.07) is 6.34. The fourth-order valence-corrected chi connectivity index (χ4v) is 1.56. The minimum atomic E-state index is -1.66. The van der Waals surface area contributed by atoms with E-state index in [1.54, 1.807) is 30.5 Å². The lowest BCUT2D eigenvalue weighted by Gasteiger charge is -2.02. The Morgan fingerprint density at radius 2 is 1.77 bits per heavy atom. The third-order valence-corrected chi connectivity index (χ3v) is 2.53. The van der Waals surface area contributed by atoms with Crippen molar-refractivity contribution >= 4 is 28.3 Å². The first-order valence-electron chi connectivity index (χ1n) is 3.50. The SMILES string of the molecule is CSC(=C(F)F)c1ccc(Cl)cc1. The van der Waals surface area contributed by atoms with Crippen LogP contribution >= 0.6 is 23.4 Å². The number of rotatable bonds is 2. The van der Waals surface area contributed by atoms with E-state index in [0.717, 1.165) is 11.8 Å². The summed E-state index contributed by atoms with van der Waals surface area (Å²) < 4.78 is 24.6. The molecule has 0 nitrogen and oxygen atoms in total. The number of halogens is 3. The van der Waals surface area contributed by atoms with E-state index in [9.17, 15) is 8.78 Å². The van der Waals surface area contributed by atoms with Gasteiger partial charge in [0, 0.05) is 5.02 Å². The highest BCUT2D eigenvalue weighted by atomic mass is 35.5. The molecule has 0 amide bonds. The van der Waals surface area contributed by atoms with E-state index in [-0.39, 0.29) is 4.91 Å². The molecule has 1 rings (SSSR count). The van der Waals surface area contributed by atoms with Crippen LogP contribution in [0.3, 0.4) is 0 Å². The number of hydrogen-bond acceptors (Lipinski definition) is 1. The van der Waals surface area contributed by atoms with Gasteiger partial charge in [-0.3, -0.25) is 0 Å². The molecule has 0 fully saturated rings. The Labute approximate surface area is 84.6 Å². The molecule has 0 atom stereocenters. The molecule has 0 aliphatic rings. The van der Waals surface area contributed by atoms with E-state index in [1.165, 1.54) is 0 Å². The van der Waals surface area contributed by atoms with Crippen LogP contribution in [-0.2, 0) is 0 Å². The van der Waals surface area contributed by atoms with Gasteiger partial charge in [-0.05, 0) is 24.0 Å². The smallest absolute Gasteiger partial charge is 0.172 e. The van der Waals surface area contributed by atoms with Gasteiger partial charge < -0.3 is 0 Å². The largest absolute Gasteiger partial charge is 0.284 e. The maximum atomic E-state index is 12.3. The third kappa shape index (κ3) is 2.71. The topological polar surface area (TPSA) is 0 Å². The molecule has 0 N–H and O–H groups in total. The molecule has 0 aromatic heterocycles. The summed E-state index contributed by atoms with van der Waals surface area (Å²) in [6.45, 7) is 0. The highest BCUT2D eigenvalue weighted by molar-refractivity contribution is 8.07. The maximum Gasteiger partial charge on any atom is 0.284 e. The molecular weight excluding hydrogens is 214 g/mol. The zero-order valence-electron chi connectivity index (χ0n) is 6.85. The summed E-state index contributed by atoms with van der Waals surface area (Å²) in [4.78, 5) is -0.00309. The standard InChI is InChI=1S/C9H7ClF2S/c1-13-8(9(11)12)6-2-4-7(10)5-3-6/h2-5H,1H3. The van der Waals surface area contributed by atoms with E-state index in [4.69, 9.17) is 11.6 Å². The molecule has 0 heterocycles. The molecule has 0 saturated heterocycles. The second-order valence-corrected chi connectivity index (χ2v) is 3.55. The molecule has 4 heteroatoms. The van der Waals surface area contributed by atoms with E-state index < -0.39 is 6.08 Å². The van der Waals surface area contributed by atoms with Crippen molar-refractivity contribution in [1.29, 1.82) is 0 Å². The van der Waals surface area contributed by atoms with Crippen molar-refractivity contribution in [3.05, 3.63) is 40.9 Å². The van der Waals surface area contributed by atoms with Gasteiger partial charge in [-0.1, -0.05) is 23.7 Å². The highest BCUT2D eigenvalue weighted by Gasteiger charge is 2.07. The minimum Gasteiger partial charge on any atom is -0.172 e. The number of thioether (sulfide) groups is 1. The average Bonchev–Trinajstić information content (AvgIpc) is 2.09. The monoisotopic (exact) mass is 220 g/mol. The molecule has 0 spiro atoms. The predicted molar refractivity (Wildman–Crippen MR) is 54.1 cm³/mol. The summed E-state index contributed by atoms with van der Waals surface area (Å²) >= 11 is 6.65. The van der Waals surface area contributed by atoms with Crippen molar-refractivity contribution in [3.8, 4) is 0 Å². The number of hydrogen-bond donors (Lipinski definition) is 0. The minimum absolute atomic E-state index is 0.00309. The van der Waals surface area contributed by atoms with Crippen LogP contribution in [0, 0.1) is 0 Å². The first-order chi connectivity index (χ1) is 6.15. The summed E-state index contributed by atoms with van der Waals surface area (Å²) in [7, 11) is 0. The molecule has 1 aromatic rings. The molecule has 0 bridgehead atoms. The van der Waals surface area contributed by atoms with Crippen LogP contribution in [0.5, 0.6) is 0 Å². The highest BCUT2D eigenvalue weighted by Crippen LogP contribution is 2.30. The van der Waals surface area contributed by atoms with Gasteiger partial charge in [-0.15, -0.1) is 11.8 Å². The molecule has 0 aliphatic heterocycles. The summed E-state index contributed by atoms with van der Waals surface area (Å²) in [5.41, 5.74) is 0.497. The van der Waals surface area contributed by atoms with Crippen molar-refractivity contribution in [2.45, 2.75) is 0 Å². The Bertz CT molecular complexity index is 315. The van der Waals surface area contributed by atoms with Crippen LogP contribution in [0.2, 0.25) is 5.02 Å². The second-order valence-electron chi connectivity index (χ2n) is 2.30. The van der Waals surface area contributed by atoms with Crippen LogP contribution in [0.15, 0.2) is 30.3 Å². The van der Waals surface area contributed by atoms with E-state index in [0.29, 0.717) is 10.6 Å². The van der Waals surface area contributed by atoms with Crippen molar-refractivity contribution in [3.63, 3.8) is 0 Å². The van der Waals surface area contributed by atoms with Gasteiger partial charge in [0.05, 0.1) is 4.91 Å². The van der Waals surface area contributed by atoms with Crippen LogP contribution < -0.4 is 0 Å². The van der Waals surface area contributed by atoms with Crippen LogP contribution in [0.4, 0.5) is 8.78 Å². The summed E-state index contributed by atoms with van der Waals surface area (Å²) in [6.07, 6.45) is -0.0434. The lowest BCUT2D eigenvalue weighted by atomic mass is 10.2. The van der Waals surface area contributed by atoms with Gasteiger partial charge in [-0.25, -0.2) is 0 Å². The van der Waals surface area contributed by atoms with Gasteiger partial charge in [0.2, 0.25) is 0 Å². The molecule has 13 heavy (non-hydrogen) atoms. The van der Waals surface area contributed by atoms with Gasteiger partial charge in [0.1, 0.15) is 0 Å². The zero-order valence-corrected chi connectivity index (χ0v) is 8.42. The zero-order chi connectivity index (χ0) is 9.84. The molecule has 0 saturated carbocycles. The van der Waals surface area contributed by atoms with Gasteiger partial charge in [-0.2, -0.15) is 8.78 Å².